The maximum absolute atomic E-state index is 11.6. The van der Waals surface area contributed by atoms with Gasteiger partial charge in [0, 0.05) is 36.6 Å². The van der Waals surface area contributed by atoms with Crippen LogP contribution in [-0.2, 0) is 16.0 Å². The van der Waals surface area contributed by atoms with Crippen molar-refractivity contribution in [2.75, 3.05) is 31.2 Å². The molecule has 26 heavy (non-hydrogen) atoms. The van der Waals surface area contributed by atoms with Crippen molar-refractivity contribution in [2.45, 2.75) is 26.2 Å². The topological polar surface area (TPSA) is 77.7 Å². The number of amides is 1. The fourth-order valence-electron chi connectivity index (χ4n) is 3.17. The van der Waals surface area contributed by atoms with E-state index in [1.807, 2.05) is 31.2 Å². The van der Waals surface area contributed by atoms with Crippen LogP contribution in [0.25, 0.3) is 0 Å². The monoisotopic (exact) mass is 355 g/mol. The summed E-state index contributed by atoms with van der Waals surface area (Å²) in [5, 5.41) is 0. The minimum atomic E-state index is -0.380. The van der Waals surface area contributed by atoms with Gasteiger partial charge in [-0.2, -0.15) is 0 Å². The first-order valence-corrected chi connectivity index (χ1v) is 8.98. The van der Waals surface area contributed by atoms with Crippen molar-refractivity contribution in [3.8, 4) is 11.6 Å². The zero-order chi connectivity index (χ0) is 18.5. The molecule has 0 bridgehead atoms. The van der Waals surface area contributed by atoms with Crippen molar-refractivity contribution < 1.29 is 14.3 Å². The number of rotatable bonds is 6. The summed E-state index contributed by atoms with van der Waals surface area (Å²) in [5.74, 6) is 0.512. The summed E-state index contributed by atoms with van der Waals surface area (Å²) in [6.07, 6.45) is 2.37. The van der Waals surface area contributed by atoms with Gasteiger partial charge in [0.15, 0.2) is 0 Å². The van der Waals surface area contributed by atoms with Crippen LogP contribution in [0.2, 0.25) is 0 Å². The van der Waals surface area contributed by atoms with Gasteiger partial charge in [-0.05, 0) is 37.1 Å². The lowest BCUT2D eigenvalue weighted by molar-refractivity contribution is -0.119. The third kappa shape index (κ3) is 3.96. The molecule has 0 saturated carbocycles. The molecule has 1 aliphatic rings. The van der Waals surface area contributed by atoms with E-state index < -0.39 is 0 Å². The van der Waals surface area contributed by atoms with Gasteiger partial charge in [0.25, 0.3) is 0 Å². The first-order chi connectivity index (χ1) is 12.6. The molecule has 0 aliphatic carbocycles. The second kappa shape index (κ2) is 8.19. The lowest BCUT2D eigenvalue weighted by atomic mass is 9.95. The van der Waals surface area contributed by atoms with E-state index >= 15 is 0 Å². The number of benzene rings is 1. The van der Waals surface area contributed by atoms with Crippen LogP contribution in [0.15, 0.2) is 36.5 Å². The molecule has 6 heteroatoms. The van der Waals surface area contributed by atoms with Gasteiger partial charge in [0.2, 0.25) is 11.8 Å². The van der Waals surface area contributed by atoms with Crippen LogP contribution >= 0.6 is 0 Å². The van der Waals surface area contributed by atoms with E-state index in [2.05, 4.69) is 16.0 Å². The molecule has 1 amide bonds. The molecule has 2 heterocycles. The highest BCUT2D eigenvalue weighted by molar-refractivity contribution is 5.82. The predicted octanol–water partition coefficient (Wildman–Crippen LogP) is 2.86. The fourth-order valence-corrected chi connectivity index (χ4v) is 3.17. The number of carbonyl (C=O) groups is 1. The van der Waals surface area contributed by atoms with Crippen LogP contribution in [0.1, 0.15) is 30.9 Å². The van der Waals surface area contributed by atoms with Crippen LogP contribution in [0.3, 0.4) is 0 Å². The standard InChI is InChI=1S/C20H25N3O3/c1-3-17-18(14(2)19(21)24)7-8-22-20(17)26-16-6-4-5-15(13-16)23-9-11-25-12-10-23/h4-8,13-14H,3,9-12H2,1-2H3,(H2,21,24). The Kier molecular flexibility index (Phi) is 5.73. The lowest BCUT2D eigenvalue weighted by Crippen LogP contribution is -2.36. The van der Waals surface area contributed by atoms with Crippen molar-refractivity contribution in [1.82, 2.24) is 4.98 Å². The van der Waals surface area contributed by atoms with Crippen molar-refractivity contribution >= 4 is 11.6 Å². The fraction of sp³-hybridized carbons (Fsp3) is 0.400. The van der Waals surface area contributed by atoms with Gasteiger partial charge in [-0.3, -0.25) is 4.79 Å². The molecule has 1 fully saturated rings. The number of aromatic nitrogens is 1. The second-order valence-electron chi connectivity index (χ2n) is 6.36. The third-order valence-corrected chi connectivity index (χ3v) is 4.71. The number of primary amides is 1. The number of morpholine rings is 1. The molecule has 1 aromatic carbocycles. The highest BCUT2D eigenvalue weighted by Crippen LogP contribution is 2.31. The Labute approximate surface area is 153 Å². The first-order valence-electron chi connectivity index (χ1n) is 8.98. The van der Waals surface area contributed by atoms with Crippen LogP contribution < -0.4 is 15.4 Å². The van der Waals surface area contributed by atoms with E-state index in [0.29, 0.717) is 12.3 Å². The SMILES string of the molecule is CCc1c(C(C)C(N)=O)ccnc1Oc1cccc(N2CCOCC2)c1. The number of nitrogens with zero attached hydrogens (tertiary/aromatic N) is 2. The summed E-state index contributed by atoms with van der Waals surface area (Å²) >= 11 is 0. The summed E-state index contributed by atoms with van der Waals surface area (Å²) in [6, 6.07) is 9.80. The molecule has 2 N–H and O–H groups in total. The van der Waals surface area contributed by atoms with Crippen molar-refractivity contribution in [2.24, 2.45) is 5.73 Å². The van der Waals surface area contributed by atoms with Gasteiger partial charge >= 0.3 is 0 Å². The molecule has 138 valence electrons. The highest BCUT2D eigenvalue weighted by atomic mass is 16.5. The van der Waals surface area contributed by atoms with E-state index in [0.717, 1.165) is 48.9 Å². The molecular formula is C20H25N3O3. The summed E-state index contributed by atoms with van der Waals surface area (Å²) < 4.78 is 11.5. The van der Waals surface area contributed by atoms with Gasteiger partial charge in [-0.15, -0.1) is 0 Å². The largest absolute Gasteiger partial charge is 0.439 e. The Morgan fingerprint density at radius 2 is 2.12 bits per heavy atom. The van der Waals surface area contributed by atoms with Crippen LogP contribution in [0.5, 0.6) is 11.6 Å². The molecule has 0 radical (unpaired) electrons. The van der Waals surface area contributed by atoms with Gasteiger partial charge < -0.3 is 20.1 Å². The Morgan fingerprint density at radius 3 is 2.81 bits per heavy atom. The van der Waals surface area contributed by atoms with Crippen LogP contribution in [0.4, 0.5) is 5.69 Å². The molecule has 0 spiro atoms. The maximum Gasteiger partial charge on any atom is 0.224 e. The van der Waals surface area contributed by atoms with E-state index in [1.54, 1.807) is 13.1 Å². The van der Waals surface area contributed by atoms with Crippen LogP contribution in [-0.4, -0.2) is 37.2 Å². The zero-order valence-corrected chi connectivity index (χ0v) is 15.3. The summed E-state index contributed by atoms with van der Waals surface area (Å²) in [4.78, 5) is 18.3. The van der Waals surface area contributed by atoms with Gasteiger partial charge in [0.1, 0.15) is 5.75 Å². The number of anilines is 1. The van der Waals surface area contributed by atoms with Crippen molar-refractivity contribution in [3.05, 3.63) is 47.7 Å². The number of ether oxygens (including phenoxy) is 2. The summed E-state index contributed by atoms with van der Waals surface area (Å²) in [5.41, 5.74) is 8.37. The maximum atomic E-state index is 11.6. The highest BCUT2D eigenvalue weighted by Gasteiger charge is 2.19. The third-order valence-electron chi connectivity index (χ3n) is 4.71. The number of nitrogens with two attached hydrogens (primary N) is 1. The Morgan fingerprint density at radius 1 is 1.35 bits per heavy atom. The van der Waals surface area contributed by atoms with Gasteiger partial charge in [-0.1, -0.05) is 13.0 Å². The molecule has 1 unspecified atom stereocenters. The van der Waals surface area contributed by atoms with Gasteiger partial charge in [0.05, 0.1) is 19.1 Å². The average molecular weight is 355 g/mol. The quantitative estimate of drug-likeness (QED) is 0.862. The Bertz CT molecular complexity index is 773. The minimum Gasteiger partial charge on any atom is -0.439 e. The number of hydrogen-bond donors (Lipinski definition) is 1. The predicted molar refractivity (Wildman–Crippen MR) is 101 cm³/mol. The van der Waals surface area contributed by atoms with E-state index in [-0.39, 0.29) is 11.8 Å². The Hall–Kier alpha value is -2.60. The van der Waals surface area contributed by atoms with E-state index in [4.69, 9.17) is 15.2 Å². The van der Waals surface area contributed by atoms with Crippen LogP contribution in [0, 0.1) is 0 Å². The van der Waals surface area contributed by atoms with Crippen molar-refractivity contribution in [3.63, 3.8) is 0 Å². The number of pyridine rings is 1. The summed E-state index contributed by atoms with van der Waals surface area (Å²) in [6.45, 7) is 7.03. The number of carbonyl (C=O) groups excluding carboxylic acids is 1. The minimum absolute atomic E-state index is 0.355. The normalized spacial score (nSPS) is 15.5. The van der Waals surface area contributed by atoms with E-state index in [9.17, 15) is 4.79 Å². The molecule has 1 atom stereocenters. The average Bonchev–Trinajstić information content (AvgIpc) is 2.68. The number of hydrogen-bond acceptors (Lipinski definition) is 5. The lowest BCUT2D eigenvalue weighted by Gasteiger charge is -2.29. The Balaban J connectivity index is 1.87. The molecule has 6 nitrogen and oxygen atoms in total. The molecule has 3 rings (SSSR count). The second-order valence-corrected chi connectivity index (χ2v) is 6.36. The first kappa shape index (κ1) is 18.2. The van der Waals surface area contributed by atoms with Gasteiger partial charge in [-0.25, -0.2) is 4.98 Å². The molecular weight excluding hydrogens is 330 g/mol. The molecule has 1 saturated heterocycles. The molecule has 1 aromatic heterocycles. The molecule has 1 aliphatic heterocycles. The van der Waals surface area contributed by atoms with E-state index in [1.165, 1.54) is 0 Å². The summed E-state index contributed by atoms with van der Waals surface area (Å²) in [7, 11) is 0. The molecule has 2 aromatic rings. The zero-order valence-electron chi connectivity index (χ0n) is 15.3. The smallest absolute Gasteiger partial charge is 0.224 e. The van der Waals surface area contributed by atoms with Crippen molar-refractivity contribution in [1.29, 1.82) is 0 Å².